The van der Waals surface area contributed by atoms with Gasteiger partial charge in [-0.25, -0.2) is 4.98 Å². The fraction of sp³-hybridized carbons (Fsp3) is 0.280. The third-order valence-corrected chi connectivity index (χ3v) is 6.33. The molecule has 1 aromatic heterocycles. The lowest BCUT2D eigenvalue weighted by atomic mass is 10.1. The van der Waals surface area contributed by atoms with Gasteiger partial charge in [-0.15, -0.1) is 0 Å². The summed E-state index contributed by atoms with van der Waals surface area (Å²) < 4.78 is 6.11. The van der Waals surface area contributed by atoms with Gasteiger partial charge in [-0.2, -0.15) is 0 Å². The number of anilines is 2. The first kappa shape index (κ1) is 19.9. The zero-order valence-electron chi connectivity index (χ0n) is 17.2. The lowest BCUT2D eigenvalue weighted by molar-refractivity contribution is 0.0989. The maximum absolute atomic E-state index is 13.4. The third-order valence-electron chi connectivity index (χ3n) is 6.02. The molecular weight excluding hydrogens is 410 g/mol. The number of fused-ring (bicyclic) bond motifs is 1. The second kappa shape index (κ2) is 8.60. The molecule has 0 spiro atoms. The van der Waals surface area contributed by atoms with E-state index in [1.54, 1.807) is 6.20 Å². The number of piperidine rings is 1. The van der Waals surface area contributed by atoms with Gasteiger partial charge in [-0.1, -0.05) is 41.9 Å². The molecule has 0 N–H and O–H groups in total. The van der Waals surface area contributed by atoms with Crippen molar-refractivity contribution in [1.29, 1.82) is 0 Å². The minimum atomic E-state index is 0.0162. The topological polar surface area (TPSA) is 45.7 Å². The maximum Gasteiger partial charge on any atom is 0.262 e. The summed E-state index contributed by atoms with van der Waals surface area (Å²) in [6.07, 6.45) is 4.45. The van der Waals surface area contributed by atoms with E-state index < -0.39 is 0 Å². The zero-order chi connectivity index (χ0) is 21.2. The van der Waals surface area contributed by atoms with E-state index >= 15 is 0 Å². The normalized spacial score (nSPS) is 16.3. The lowest BCUT2D eigenvalue weighted by Crippen LogP contribution is -2.40. The molecule has 0 radical (unpaired) electrons. The van der Waals surface area contributed by atoms with Gasteiger partial charge in [0, 0.05) is 44.4 Å². The standard InChI is InChI=1S/C25H24ClN3O2/c26-21-8-2-4-10-23(21)31-19-12-15-28(16-13-19)24-20(7-5-14-27-24)25(30)29-17-11-18-6-1-3-9-22(18)29/h1-10,14,19H,11-13,15-17H2. The molecule has 2 aliphatic heterocycles. The number of carbonyl (C=O) groups is 1. The van der Waals surface area contributed by atoms with Crippen LogP contribution in [-0.4, -0.2) is 36.6 Å². The molecule has 2 aliphatic rings. The highest BCUT2D eigenvalue weighted by Gasteiger charge is 2.30. The largest absolute Gasteiger partial charge is 0.489 e. The predicted molar refractivity (Wildman–Crippen MR) is 123 cm³/mol. The Balaban J connectivity index is 1.30. The molecule has 1 fully saturated rings. The average molecular weight is 434 g/mol. The summed E-state index contributed by atoms with van der Waals surface area (Å²) in [6.45, 7) is 2.27. The van der Waals surface area contributed by atoms with Crippen LogP contribution in [0.25, 0.3) is 0 Å². The van der Waals surface area contributed by atoms with E-state index in [-0.39, 0.29) is 12.0 Å². The van der Waals surface area contributed by atoms with Crippen molar-refractivity contribution in [3.63, 3.8) is 0 Å². The number of rotatable bonds is 4. The van der Waals surface area contributed by atoms with Crippen molar-refractivity contribution in [2.24, 2.45) is 0 Å². The number of carbonyl (C=O) groups excluding carboxylic acids is 1. The molecule has 1 amide bonds. The van der Waals surface area contributed by atoms with Crippen molar-refractivity contribution >= 4 is 29.0 Å². The Hall–Kier alpha value is -3.05. The number of halogens is 1. The highest BCUT2D eigenvalue weighted by Crippen LogP contribution is 2.32. The molecule has 3 aromatic rings. The number of ether oxygens (including phenoxy) is 1. The fourth-order valence-corrected chi connectivity index (χ4v) is 4.60. The molecule has 1 saturated heterocycles. The summed E-state index contributed by atoms with van der Waals surface area (Å²) in [5, 5.41) is 0.633. The van der Waals surface area contributed by atoms with Crippen LogP contribution in [-0.2, 0) is 6.42 Å². The van der Waals surface area contributed by atoms with Crippen LogP contribution in [0.5, 0.6) is 5.75 Å². The van der Waals surface area contributed by atoms with Crippen molar-refractivity contribution < 1.29 is 9.53 Å². The van der Waals surface area contributed by atoms with Gasteiger partial charge in [0.05, 0.1) is 10.6 Å². The Morgan fingerprint density at radius 3 is 2.58 bits per heavy atom. The van der Waals surface area contributed by atoms with Crippen LogP contribution in [0.1, 0.15) is 28.8 Å². The molecule has 2 aromatic carbocycles. The van der Waals surface area contributed by atoms with Crippen LogP contribution >= 0.6 is 11.6 Å². The van der Waals surface area contributed by atoms with E-state index in [2.05, 4.69) is 16.0 Å². The molecular formula is C25H24ClN3O2. The van der Waals surface area contributed by atoms with Crippen molar-refractivity contribution in [3.05, 3.63) is 83.0 Å². The van der Waals surface area contributed by atoms with E-state index in [9.17, 15) is 4.79 Å². The molecule has 5 nitrogen and oxygen atoms in total. The van der Waals surface area contributed by atoms with E-state index in [0.29, 0.717) is 17.1 Å². The van der Waals surface area contributed by atoms with Crippen LogP contribution in [0.2, 0.25) is 5.02 Å². The smallest absolute Gasteiger partial charge is 0.262 e. The number of nitrogens with zero attached hydrogens (tertiary/aromatic N) is 3. The molecule has 0 saturated carbocycles. The van der Waals surface area contributed by atoms with Crippen LogP contribution in [0.4, 0.5) is 11.5 Å². The summed E-state index contributed by atoms with van der Waals surface area (Å²) >= 11 is 6.23. The average Bonchev–Trinajstić information content (AvgIpc) is 3.25. The van der Waals surface area contributed by atoms with Crippen LogP contribution in [0.3, 0.4) is 0 Å². The summed E-state index contributed by atoms with van der Waals surface area (Å²) in [5.74, 6) is 1.50. The summed E-state index contributed by atoms with van der Waals surface area (Å²) in [6, 6.07) is 19.4. The van der Waals surface area contributed by atoms with Crippen LogP contribution in [0.15, 0.2) is 66.9 Å². The number of para-hydroxylation sites is 2. The highest BCUT2D eigenvalue weighted by atomic mass is 35.5. The number of benzene rings is 2. The summed E-state index contributed by atoms with van der Waals surface area (Å²) in [5.41, 5.74) is 2.89. The molecule has 158 valence electrons. The molecule has 0 aliphatic carbocycles. The lowest BCUT2D eigenvalue weighted by Gasteiger charge is -2.34. The number of amides is 1. The Labute approximate surface area is 187 Å². The van der Waals surface area contributed by atoms with Gasteiger partial charge in [0.15, 0.2) is 0 Å². The zero-order valence-corrected chi connectivity index (χ0v) is 18.0. The van der Waals surface area contributed by atoms with Crippen molar-refractivity contribution in [3.8, 4) is 5.75 Å². The molecule has 31 heavy (non-hydrogen) atoms. The van der Waals surface area contributed by atoms with Crippen LogP contribution in [0, 0.1) is 0 Å². The monoisotopic (exact) mass is 433 g/mol. The fourth-order valence-electron chi connectivity index (χ4n) is 4.42. The van der Waals surface area contributed by atoms with Crippen LogP contribution < -0.4 is 14.5 Å². The molecule has 0 bridgehead atoms. The van der Waals surface area contributed by atoms with Gasteiger partial charge in [0.2, 0.25) is 0 Å². The summed E-state index contributed by atoms with van der Waals surface area (Å²) in [4.78, 5) is 22.1. The molecule has 0 unspecified atom stereocenters. The van der Waals surface area contributed by atoms with Crippen molar-refractivity contribution in [2.45, 2.75) is 25.4 Å². The van der Waals surface area contributed by atoms with E-state index in [0.717, 1.165) is 49.6 Å². The Morgan fingerprint density at radius 2 is 1.74 bits per heavy atom. The first-order chi connectivity index (χ1) is 15.2. The second-order valence-corrected chi connectivity index (χ2v) is 8.35. The predicted octanol–water partition coefficient (Wildman–Crippen LogP) is 4.99. The summed E-state index contributed by atoms with van der Waals surface area (Å²) in [7, 11) is 0. The van der Waals surface area contributed by atoms with Crippen molar-refractivity contribution in [1.82, 2.24) is 4.98 Å². The van der Waals surface area contributed by atoms with E-state index in [1.807, 2.05) is 59.5 Å². The molecule has 0 atom stereocenters. The minimum Gasteiger partial charge on any atom is -0.489 e. The van der Waals surface area contributed by atoms with Gasteiger partial charge < -0.3 is 14.5 Å². The number of aromatic nitrogens is 1. The maximum atomic E-state index is 13.4. The first-order valence-corrected chi connectivity index (χ1v) is 11.1. The molecule has 6 heteroatoms. The van der Waals surface area contributed by atoms with Gasteiger partial charge >= 0.3 is 0 Å². The Morgan fingerprint density at radius 1 is 0.968 bits per heavy atom. The quantitative estimate of drug-likeness (QED) is 0.581. The Bertz CT molecular complexity index is 1100. The van der Waals surface area contributed by atoms with Crippen molar-refractivity contribution in [2.75, 3.05) is 29.4 Å². The number of pyridine rings is 1. The third kappa shape index (κ3) is 3.98. The number of hydrogen-bond donors (Lipinski definition) is 0. The number of hydrogen-bond acceptors (Lipinski definition) is 4. The van der Waals surface area contributed by atoms with E-state index in [4.69, 9.17) is 16.3 Å². The van der Waals surface area contributed by atoms with Gasteiger partial charge in [0.1, 0.15) is 17.7 Å². The second-order valence-electron chi connectivity index (χ2n) is 7.94. The minimum absolute atomic E-state index is 0.0162. The molecule has 5 rings (SSSR count). The van der Waals surface area contributed by atoms with E-state index in [1.165, 1.54) is 5.56 Å². The Kier molecular flexibility index (Phi) is 5.51. The first-order valence-electron chi connectivity index (χ1n) is 10.7. The van der Waals surface area contributed by atoms with Gasteiger partial charge in [0.25, 0.3) is 5.91 Å². The molecule has 3 heterocycles. The highest BCUT2D eigenvalue weighted by molar-refractivity contribution is 6.32. The SMILES string of the molecule is O=C(c1cccnc1N1CCC(Oc2ccccc2Cl)CC1)N1CCc2ccccc21. The van der Waals surface area contributed by atoms with Gasteiger partial charge in [-0.05, 0) is 42.3 Å². The van der Waals surface area contributed by atoms with Gasteiger partial charge in [-0.3, -0.25) is 4.79 Å².